The van der Waals surface area contributed by atoms with Crippen molar-refractivity contribution in [3.05, 3.63) is 35.4 Å². The maximum Gasteiger partial charge on any atom is 0.119 e. The Kier molecular flexibility index (Phi) is 17.0. The van der Waals surface area contributed by atoms with Crippen LogP contribution in [0.4, 0.5) is 0 Å². The van der Waals surface area contributed by atoms with Crippen LogP contribution in [0.3, 0.4) is 0 Å². The summed E-state index contributed by atoms with van der Waals surface area (Å²) in [6.45, 7) is 13.1. The van der Waals surface area contributed by atoms with Gasteiger partial charge in [-0.3, -0.25) is 0 Å². The molecule has 0 radical (unpaired) electrons. The first kappa shape index (κ1) is 26.8. The number of unbranched alkanes of at least 4 members (excludes halogenated alkanes) is 2. The Bertz CT molecular complexity index is 497. The summed E-state index contributed by atoms with van der Waals surface area (Å²) in [5, 5.41) is 10.1. The lowest BCUT2D eigenvalue weighted by atomic mass is 9.91. The molecule has 1 unspecified atom stereocenters. The average Bonchev–Trinajstić information content (AvgIpc) is 2.68. The molecular weight excluding hydrogens is 340 g/mol. The van der Waals surface area contributed by atoms with E-state index < -0.39 is 0 Å². The second-order valence-electron chi connectivity index (χ2n) is 8.48. The Balaban J connectivity index is 0.000000598. The Morgan fingerprint density at radius 3 is 2.14 bits per heavy atom. The number of hydrogen-bond acceptors (Lipinski definition) is 1. The van der Waals surface area contributed by atoms with Crippen LogP contribution in [0.25, 0.3) is 6.08 Å². The molecule has 2 rings (SSSR count). The van der Waals surface area contributed by atoms with E-state index in [1.54, 1.807) is 0 Å². The van der Waals surface area contributed by atoms with Crippen LogP contribution in [0.5, 0.6) is 5.75 Å². The van der Waals surface area contributed by atoms with E-state index >= 15 is 0 Å². The summed E-state index contributed by atoms with van der Waals surface area (Å²) < 4.78 is 0. The van der Waals surface area contributed by atoms with Gasteiger partial charge in [-0.1, -0.05) is 124 Å². The third-order valence-electron chi connectivity index (χ3n) is 5.27. The zero-order valence-electron chi connectivity index (χ0n) is 19.8. The molecule has 1 aromatic rings. The van der Waals surface area contributed by atoms with Gasteiger partial charge in [0.05, 0.1) is 0 Å². The molecule has 1 fully saturated rings. The molecule has 0 heterocycles. The maximum absolute atomic E-state index is 10.1. The smallest absolute Gasteiger partial charge is 0.119 e. The zero-order valence-corrected chi connectivity index (χ0v) is 19.8. The molecule has 0 saturated heterocycles. The molecule has 162 valence electrons. The monoisotopic (exact) mass is 388 g/mol. The van der Waals surface area contributed by atoms with Crippen molar-refractivity contribution < 1.29 is 5.11 Å². The summed E-state index contributed by atoms with van der Waals surface area (Å²) in [4.78, 5) is 0. The van der Waals surface area contributed by atoms with Crippen LogP contribution in [-0.2, 0) is 0 Å². The van der Waals surface area contributed by atoms with Gasteiger partial charge in [-0.15, -0.1) is 0 Å². The summed E-state index contributed by atoms with van der Waals surface area (Å²) >= 11 is 0. The third-order valence-corrected chi connectivity index (χ3v) is 5.27. The SMILES string of the molecule is CC/C=C\c1ccc(C(C)CCCCC)c(O)c1.CC1CCCCC1.CCC. The second kappa shape index (κ2) is 17.8. The van der Waals surface area contributed by atoms with Crippen molar-refractivity contribution >= 4 is 6.08 Å². The van der Waals surface area contributed by atoms with Crippen molar-refractivity contribution in [2.75, 3.05) is 0 Å². The van der Waals surface area contributed by atoms with Crippen LogP contribution in [0.2, 0.25) is 0 Å². The number of benzene rings is 1. The van der Waals surface area contributed by atoms with E-state index in [4.69, 9.17) is 0 Å². The predicted octanol–water partition coefficient (Wildman–Crippen LogP) is 9.50. The van der Waals surface area contributed by atoms with E-state index in [9.17, 15) is 5.11 Å². The highest BCUT2D eigenvalue weighted by Crippen LogP contribution is 2.30. The van der Waals surface area contributed by atoms with Gasteiger partial charge >= 0.3 is 0 Å². The minimum Gasteiger partial charge on any atom is -0.508 e. The molecule has 1 aliphatic carbocycles. The first-order valence-corrected chi connectivity index (χ1v) is 12.0. The quantitative estimate of drug-likeness (QED) is 0.461. The third kappa shape index (κ3) is 13.0. The topological polar surface area (TPSA) is 20.2 Å². The lowest BCUT2D eigenvalue weighted by Gasteiger charge is -2.15. The minimum atomic E-state index is 0.442. The lowest BCUT2D eigenvalue weighted by molar-refractivity contribution is 0.385. The van der Waals surface area contributed by atoms with Crippen LogP contribution in [0.15, 0.2) is 24.3 Å². The van der Waals surface area contributed by atoms with E-state index in [2.05, 4.69) is 65.8 Å². The van der Waals surface area contributed by atoms with Crippen LogP contribution in [0, 0.1) is 5.92 Å². The predicted molar refractivity (Wildman–Crippen MR) is 128 cm³/mol. The molecule has 0 amide bonds. The maximum atomic E-state index is 10.1. The first-order chi connectivity index (χ1) is 13.5. The normalized spacial score (nSPS) is 15.4. The van der Waals surface area contributed by atoms with Crippen molar-refractivity contribution in [3.63, 3.8) is 0 Å². The molecule has 1 aromatic carbocycles. The molecule has 1 nitrogen and oxygen atoms in total. The van der Waals surface area contributed by atoms with Crippen molar-refractivity contribution in [2.45, 2.75) is 118 Å². The van der Waals surface area contributed by atoms with Gasteiger partial charge in [0.25, 0.3) is 0 Å². The zero-order chi connectivity index (χ0) is 21.2. The number of aromatic hydroxyl groups is 1. The van der Waals surface area contributed by atoms with Crippen molar-refractivity contribution in [3.8, 4) is 5.75 Å². The van der Waals surface area contributed by atoms with Crippen LogP contribution in [0.1, 0.15) is 129 Å². The molecule has 0 bridgehead atoms. The van der Waals surface area contributed by atoms with Gasteiger partial charge in [-0.25, -0.2) is 0 Å². The summed E-state index contributed by atoms with van der Waals surface area (Å²) in [7, 11) is 0. The van der Waals surface area contributed by atoms with Gasteiger partial charge in [0.15, 0.2) is 0 Å². The van der Waals surface area contributed by atoms with Crippen LogP contribution in [-0.4, -0.2) is 5.11 Å². The number of phenolic OH excluding ortho intramolecular Hbond substituents is 1. The van der Waals surface area contributed by atoms with Crippen LogP contribution >= 0.6 is 0 Å². The highest BCUT2D eigenvalue weighted by molar-refractivity contribution is 5.54. The molecule has 0 aromatic heterocycles. The fraction of sp³-hybridized carbons (Fsp3) is 0.704. The van der Waals surface area contributed by atoms with Gasteiger partial charge in [0.1, 0.15) is 5.75 Å². The average molecular weight is 389 g/mol. The Morgan fingerprint density at radius 2 is 1.68 bits per heavy atom. The van der Waals surface area contributed by atoms with E-state index in [0.29, 0.717) is 11.7 Å². The molecule has 1 heteroatoms. The standard InChI is InChI=1S/C17H26O.C7H14.C3H8/c1-4-6-8-9-14(3)16-12-11-15(10-7-5-2)13-17(16)18;1-7-5-3-2-4-6-7;1-3-2/h7,10-14,18H,4-6,8-9H2,1-3H3;7H,2-6H2,1H3;3H2,1-2H3/b10-7-;;. The molecule has 1 N–H and O–H groups in total. The minimum absolute atomic E-state index is 0.442. The number of phenols is 1. The molecular formula is C27H48O. The molecule has 1 saturated carbocycles. The highest BCUT2D eigenvalue weighted by Gasteiger charge is 2.10. The van der Waals surface area contributed by atoms with Crippen molar-refractivity contribution in [1.29, 1.82) is 0 Å². The Hall–Kier alpha value is -1.24. The largest absolute Gasteiger partial charge is 0.508 e. The second-order valence-corrected chi connectivity index (χ2v) is 8.48. The van der Waals surface area contributed by atoms with Crippen molar-refractivity contribution in [1.82, 2.24) is 0 Å². The van der Waals surface area contributed by atoms with E-state index in [1.165, 1.54) is 57.8 Å². The first-order valence-electron chi connectivity index (χ1n) is 12.0. The molecule has 1 aliphatic rings. The van der Waals surface area contributed by atoms with E-state index in [-0.39, 0.29) is 0 Å². The van der Waals surface area contributed by atoms with Gasteiger partial charge in [-0.05, 0) is 41.9 Å². The summed E-state index contributed by atoms with van der Waals surface area (Å²) in [6, 6.07) is 6.04. The number of allylic oxidation sites excluding steroid dienone is 1. The summed E-state index contributed by atoms with van der Waals surface area (Å²) in [5.74, 6) is 1.92. The molecule has 1 atom stereocenters. The molecule has 0 spiro atoms. The summed E-state index contributed by atoms with van der Waals surface area (Å²) in [5.41, 5.74) is 2.17. The van der Waals surface area contributed by atoms with Gasteiger partial charge in [0, 0.05) is 0 Å². The number of rotatable bonds is 7. The number of hydrogen-bond donors (Lipinski definition) is 1. The summed E-state index contributed by atoms with van der Waals surface area (Å²) in [6.07, 6.45) is 18.8. The van der Waals surface area contributed by atoms with Crippen LogP contribution < -0.4 is 0 Å². The van der Waals surface area contributed by atoms with Gasteiger partial charge < -0.3 is 5.11 Å². The van der Waals surface area contributed by atoms with E-state index in [1.807, 2.05) is 6.07 Å². The Morgan fingerprint density at radius 1 is 1.04 bits per heavy atom. The van der Waals surface area contributed by atoms with Crippen molar-refractivity contribution in [2.24, 2.45) is 5.92 Å². The molecule has 28 heavy (non-hydrogen) atoms. The fourth-order valence-electron chi connectivity index (χ4n) is 3.50. The highest BCUT2D eigenvalue weighted by atomic mass is 16.3. The molecule has 0 aliphatic heterocycles. The Labute approximate surface area is 176 Å². The van der Waals surface area contributed by atoms with Gasteiger partial charge in [-0.2, -0.15) is 0 Å². The van der Waals surface area contributed by atoms with E-state index in [0.717, 1.165) is 29.9 Å². The fourth-order valence-corrected chi connectivity index (χ4v) is 3.50. The van der Waals surface area contributed by atoms with Gasteiger partial charge in [0.2, 0.25) is 0 Å². The lowest BCUT2D eigenvalue weighted by Crippen LogP contribution is -1.99.